The Labute approximate surface area is 94.1 Å². The highest BCUT2D eigenvalue weighted by Gasteiger charge is 2.12. The van der Waals surface area contributed by atoms with Gasteiger partial charge in [0.25, 0.3) is 0 Å². The molecule has 0 radical (unpaired) electrons. The van der Waals surface area contributed by atoms with Crippen LogP contribution in [0.5, 0.6) is 0 Å². The number of hydrogen-bond acceptors (Lipinski definition) is 3. The van der Waals surface area contributed by atoms with Crippen molar-refractivity contribution in [2.24, 2.45) is 5.73 Å². The first-order valence-corrected chi connectivity index (χ1v) is 6.30. The van der Waals surface area contributed by atoms with E-state index in [1.54, 1.807) is 18.2 Å². The van der Waals surface area contributed by atoms with E-state index in [1.165, 1.54) is 0 Å². The largest absolute Gasteiger partial charge is 0.318 e. The molecule has 16 heavy (non-hydrogen) atoms. The zero-order valence-electron chi connectivity index (χ0n) is 8.55. The van der Waals surface area contributed by atoms with Crippen LogP contribution in [0.15, 0.2) is 47.4 Å². The molecule has 0 aliphatic carbocycles. The van der Waals surface area contributed by atoms with Crippen LogP contribution < -0.4 is 10.5 Å². The molecule has 0 amide bonds. The summed E-state index contributed by atoms with van der Waals surface area (Å²) in [5.74, 6) is 0. The van der Waals surface area contributed by atoms with Crippen molar-refractivity contribution in [2.75, 3.05) is 6.67 Å². The van der Waals surface area contributed by atoms with Crippen LogP contribution in [-0.2, 0) is 10.0 Å². The van der Waals surface area contributed by atoms with Crippen molar-refractivity contribution < 1.29 is 8.42 Å². The molecule has 0 spiro atoms. The number of nitrogens with two attached hydrogens (primary N) is 1. The third-order valence-electron chi connectivity index (χ3n) is 2.30. The molecule has 84 valence electrons. The van der Waals surface area contributed by atoms with E-state index in [0.29, 0.717) is 0 Å². The Morgan fingerprint density at radius 2 is 1.75 bits per heavy atom. The van der Waals surface area contributed by atoms with Crippen LogP contribution in [0.3, 0.4) is 0 Å². The van der Waals surface area contributed by atoms with E-state index in [2.05, 4.69) is 4.72 Å². The predicted octanol–water partition coefficient (Wildman–Crippen LogP) is 1.03. The van der Waals surface area contributed by atoms with E-state index < -0.39 is 10.0 Å². The Hall–Kier alpha value is -1.43. The van der Waals surface area contributed by atoms with Crippen LogP contribution in [0, 0.1) is 0 Å². The highest BCUT2D eigenvalue weighted by molar-refractivity contribution is 7.89. The molecular formula is C11H12N2O2S. The number of sulfonamides is 1. The third kappa shape index (κ3) is 2.06. The van der Waals surface area contributed by atoms with Gasteiger partial charge in [0, 0.05) is 0 Å². The van der Waals surface area contributed by atoms with Crippen LogP contribution in [0.1, 0.15) is 0 Å². The van der Waals surface area contributed by atoms with Crippen molar-refractivity contribution in [3.8, 4) is 0 Å². The summed E-state index contributed by atoms with van der Waals surface area (Å²) in [5.41, 5.74) is 5.17. The molecule has 5 heteroatoms. The standard InChI is InChI=1S/C11H12N2O2S/c12-8-13-16(14,15)11-6-5-9-3-1-2-4-10(9)7-11/h1-7,13H,8,12H2. The molecule has 4 nitrogen and oxygen atoms in total. The summed E-state index contributed by atoms with van der Waals surface area (Å²) in [6, 6.07) is 12.6. The van der Waals surface area contributed by atoms with Gasteiger partial charge in [-0.05, 0) is 22.9 Å². The lowest BCUT2D eigenvalue weighted by Gasteiger charge is -2.05. The lowest BCUT2D eigenvalue weighted by molar-refractivity contribution is 0.583. The number of nitrogens with one attached hydrogen (secondary N) is 1. The SMILES string of the molecule is NCNS(=O)(=O)c1ccc2ccccc2c1. The van der Waals surface area contributed by atoms with E-state index in [4.69, 9.17) is 5.73 Å². The highest BCUT2D eigenvalue weighted by Crippen LogP contribution is 2.18. The molecule has 0 bridgehead atoms. The van der Waals surface area contributed by atoms with Gasteiger partial charge in [0.2, 0.25) is 10.0 Å². The monoisotopic (exact) mass is 236 g/mol. The fraction of sp³-hybridized carbons (Fsp3) is 0.0909. The van der Waals surface area contributed by atoms with E-state index in [9.17, 15) is 8.42 Å². The summed E-state index contributed by atoms with van der Waals surface area (Å²) in [5, 5.41) is 1.90. The fourth-order valence-corrected chi connectivity index (χ4v) is 2.44. The Balaban J connectivity index is 2.55. The van der Waals surface area contributed by atoms with Crippen molar-refractivity contribution in [1.29, 1.82) is 0 Å². The molecule has 0 unspecified atom stereocenters. The number of benzene rings is 2. The molecule has 2 rings (SSSR count). The Kier molecular flexibility index (Phi) is 2.91. The summed E-state index contributed by atoms with van der Waals surface area (Å²) in [6.45, 7) is -0.102. The molecule has 0 atom stereocenters. The van der Waals surface area contributed by atoms with Crippen molar-refractivity contribution in [3.63, 3.8) is 0 Å². The molecule has 0 aliphatic rings. The van der Waals surface area contributed by atoms with Gasteiger partial charge in [0.1, 0.15) is 0 Å². The van der Waals surface area contributed by atoms with E-state index >= 15 is 0 Å². The first-order chi connectivity index (χ1) is 7.63. The predicted molar refractivity (Wildman–Crippen MR) is 63.3 cm³/mol. The molecule has 0 aliphatic heterocycles. The minimum absolute atomic E-state index is 0.102. The number of rotatable bonds is 3. The zero-order valence-corrected chi connectivity index (χ0v) is 9.37. The fourth-order valence-electron chi connectivity index (χ4n) is 1.53. The van der Waals surface area contributed by atoms with Gasteiger partial charge in [-0.2, -0.15) is 4.72 Å². The first-order valence-electron chi connectivity index (χ1n) is 4.82. The van der Waals surface area contributed by atoms with Gasteiger partial charge in [0.15, 0.2) is 0 Å². The maximum atomic E-state index is 11.7. The van der Waals surface area contributed by atoms with Gasteiger partial charge in [0.05, 0.1) is 11.6 Å². The van der Waals surface area contributed by atoms with Gasteiger partial charge < -0.3 is 5.73 Å². The van der Waals surface area contributed by atoms with Gasteiger partial charge in [-0.1, -0.05) is 30.3 Å². The van der Waals surface area contributed by atoms with Gasteiger partial charge in [-0.3, -0.25) is 0 Å². The Bertz CT molecular complexity index is 608. The maximum Gasteiger partial charge on any atom is 0.241 e. The van der Waals surface area contributed by atoms with Crippen molar-refractivity contribution in [2.45, 2.75) is 4.90 Å². The molecule has 2 aromatic rings. The van der Waals surface area contributed by atoms with Crippen LogP contribution in [0.25, 0.3) is 10.8 Å². The summed E-state index contributed by atoms with van der Waals surface area (Å²) < 4.78 is 25.6. The average Bonchev–Trinajstić information content (AvgIpc) is 2.28. The normalized spacial score (nSPS) is 11.8. The number of fused-ring (bicyclic) bond motifs is 1. The van der Waals surface area contributed by atoms with Crippen LogP contribution in [-0.4, -0.2) is 15.1 Å². The van der Waals surface area contributed by atoms with Crippen LogP contribution >= 0.6 is 0 Å². The van der Waals surface area contributed by atoms with Crippen LogP contribution in [0.4, 0.5) is 0 Å². The van der Waals surface area contributed by atoms with Crippen molar-refractivity contribution in [1.82, 2.24) is 4.72 Å². The minimum atomic E-state index is -3.48. The topological polar surface area (TPSA) is 72.2 Å². The Morgan fingerprint density at radius 3 is 2.44 bits per heavy atom. The number of hydrogen-bond donors (Lipinski definition) is 2. The second-order valence-corrected chi connectivity index (χ2v) is 5.13. The smallest absolute Gasteiger partial charge is 0.241 e. The Morgan fingerprint density at radius 1 is 1.06 bits per heavy atom. The van der Waals surface area contributed by atoms with Gasteiger partial charge >= 0.3 is 0 Å². The quantitative estimate of drug-likeness (QED) is 0.782. The lowest BCUT2D eigenvalue weighted by Crippen LogP contribution is -2.29. The first kappa shape index (κ1) is 11.1. The minimum Gasteiger partial charge on any atom is -0.318 e. The molecule has 0 fully saturated rings. The molecule has 0 heterocycles. The van der Waals surface area contributed by atoms with Gasteiger partial charge in [-0.15, -0.1) is 0 Å². The second kappa shape index (κ2) is 4.21. The molecular weight excluding hydrogens is 224 g/mol. The molecule has 0 aromatic heterocycles. The summed E-state index contributed by atoms with van der Waals surface area (Å²) in [4.78, 5) is 0.233. The zero-order chi connectivity index (χ0) is 11.6. The average molecular weight is 236 g/mol. The molecule has 2 aromatic carbocycles. The lowest BCUT2D eigenvalue weighted by atomic mass is 10.1. The maximum absolute atomic E-state index is 11.7. The molecule has 0 saturated heterocycles. The summed E-state index contributed by atoms with van der Waals surface area (Å²) in [6.07, 6.45) is 0. The van der Waals surface area contributed by atoms with Crippen molar-refractivity contribution >= 4 is 20.8 Å². The van der Waals surface area contributed by atoms with E-state index in [-0.39, 0.29) is 11.6 Å². The van der Waals surface area contributed by atoms with E-state index in [1.807, 2.05) is 24.3 Å². The second-order valence-electron chi connectivity index (χ2n) is 3.36. The summed E-state index contributed by atoms with van der Waals surface area (Å²) >= 11 is 0. The summed E-state index contributed by atoms with van der Waals surface area (Å²) in [7, 11) is -3.48. The van der Waals surface area contributed by atoms with Crippen molar-refractivity contribution in [3.05, 3.63) is 42.5 Å². The van der Waals surface area contributed by atoms with Crippen LogP contribution in [0.2, 0.25) is 0 Å². The van der Waals surface area contributed by atoms with E-state index in [0.717, 1.165) is 10.8 Å². The van der Waals surface area contributed by atoms with Gasteiger partial charge in [-0.25, -0.2) is 8.42 Å². The highest BCUT2D eigenvalue weighted by atomic mass is 32.2. The molecule has 3 N–H and O–H groups in total. The third-order valence-corrected chi connectivity index (χ3v) is 3.73. The molecule has 0 saturated carbocycles.